The van der Waals surface area contributed by atoms with Gasteiger partial charge in [0.15, 0.2) is 31.5 Å². The Labute approximate surface area is 762 Å². The molecule has 0 spiro atoms. The topological polar surface area (TPSA) is 591 Å². The van der Waals surface area contributed by atoms with Crippen LogP contribution in [0, 0.1) is 0 Å². The van der Waals surface area contributed by atoms with Crippen LogP contribution >= 0.6 is 0 Å². The van der Waals surface area contributed by atoms with Gasteiger partial charge in [-0.3, -0.25) is 0 Å². The monoisotopic (exact) mass is 1880 g/mol. The minimum absolute atomic E-state index is 0.00511. The molecule has 129 heavy (non-hydrogen) atoms. The van der Waals surface area contributed by atoms with Crippen molar-refractivity contribution in [2.45, 2.75) is 573 Å². The number of aliphatic hydroxyl groups excluding tert-OH is 17. The lowest BCUT2D eigenvalue weighted by Gasteiger charge is -2.44. The lowest BCUT2D eigenvalue weighted by molar-refractivity contribution is -0.302. The number of rotatable bonds is 10. The minimum atomic E-state index is -1.25. The second-order valence-corrected chi connectivity index (χ2v) is 39.8. The van der Waals surface area contributed by atoms with Crippen molar-refractivity contribution in [3.63, 3.8) is 0 Å². The van der Waals surface area contributed by atoms with Crippen LogP contribution < -0.4 is 0 Å². The first-order valence-electron chi connectivity index (χ1n) is 46.8. The molecule has 0 aliphatic carbocycles. The van der Waals surface area contributed by atoms with E-state index in [1.807, 2.05) is 55.4 Å². The third-order valence-corrected chi connectivity index (χ3v) is 26.5. The van der Waals surface area contributed by atoms with Crippen molar-refractivity contribution in [3.8, 4) is 0 Å². The zero-order valence-corrected chi connectivity index (χ0v) is 80.6. The number of hydrogen-bond donors (Lipinski definition) is 21. The molecule has 0 aromatic rings. The van der Waals surface area contributed by atoms with E-state index in [0.717, 1.165) is 0 Å². The first kappa shape index (κ1) is 116. The van der Waals surface area contributed by atoms with E-state index in [0.29, 0.717) is 51.4 Å². The van der Waals surface area contributed by atoms with Gasteiger partial charge in [-0.15, -0.1) is 0 Å². The Morgan fingerprint density at radius 1 is 0.178 bits per heavy atom. The molecule has 13 aliphatic heterocycles. The Bertz CT molecular complexity index is 2850. The molecule has 0 bridgehead atoms. The smallest absolute Gasteiger partial charge is 0.161 e. The van der Waals surface area contributed by atoms with Crippen LogP contribution in [0.5, 0.6) is 0 Å². The van der Waals surface area contributed by atoms with Crippen LogP contribution in [0.1, 0.15) is 257 Å². The van der Waals surface area contributed by atoms with E-state index in [9.17, 15) is 107 Å². The highest BCUT2D eigenvalue weighted by atomic mass is 16.7. The standard InChI is InChI=1S/3C14H26O6.2C13H24O6.C8H16O3.2C7H14O3/c3*1-7-5-10(12(15)8(2)18-7)20-11-6-14(4,17)13(16)9(3)19-11;2*1-6-4-10(13(16)8(3)17-6)19-11-5-9(14)12(15)7(2)18-11;1-5-4-8(3,10)7(9)6(2)11-5;2*1-4-3-6(8)7(9)5(2)10-4/h3*7-13,15-17H,5-6H2,1-4H3;2*6-16H,4-5H2,1-3H3;5-7,9-10H,4H2,1-3H3;2*4-9H,3H2,1-2H3/t7-,8?,9?,10+,11-,12+,13+,14-;7-,8?,9?,10+,11-,12-,13+,14-;7-,8?,9?,10-,11-,12-,13+,14-;6-,7?,8?,9+,10+,11-,12+,13+;6-,7?,8?,9+,10+,11-,12+,13-;5-,6?,7+,8-;2*4-,5?,6+,7-/m00000000/s1. The van der Waals surface area contributed by atoms with Crippen LogP contribution in [0.2, 0.25) is 0 Å². The molecular weight excluding hydrogens is 1700 g/mol. The zero-order chi connectivity index (χ0) is 97.6. The normalized spacial score (nSPS) is 52.5. The molecule has 13 saturated heterocycles. The highest BCUT2D eigenvalue weighted by Gasteiger charge is 2.52. The van der Waals surface area contributed by atoms with Gasteiger partial charge in [-0.2, -0.15) is 0 Å². The molecule has 0 aromatic carbocycles. The Hall–Kier alpha value is -1.56. The van der Waals surface area contributed by atoms with E-state index < -0.39 is 206 Å². The van der Waals surface area contributed by atoms with Crippen molar-refractivity contribution >= 4 is 0 Å². The second-order valence-electron chi connectivity index (χ2n) is 39.8. The summed E-state index contributed by atoms with van der Waals surface area (Å²) >= 11 is 0. The van der Waals surface area contributed by atoms with E-state index in [1.54, 1.807) is 118 Å². The fourth-order valence-corrected chi connectivity index (χ4v) is 18.7. The van der Waals surface area contributed by atoms with Gasteiger partial charge in [0.2, 0.25) is 0 Å². The maximum absolute atomic E-state index is 10.2. The average molecular weight is 1880 g/mol. The van der Waals surface area contributed by atoms with Gasteiger partial charge in [0.05, 0.1) is 206 Å². The van der Waals surface area contributed by atoms with Gasteiger partial charge in [0.1, 0.15) is 79.4 Å². The molecule has 21 N–H and O–H groups in total. The van der Waals surface area contributed by atoms with Gasteiger partial charge >= 0.3 is 0 Å². The van der Waals surface area contributed by atoms with Crippen molar-refractivity contribution < 1.29 is 193 Å². The Morgan fingerprint density at radius 3 is 0.527 bits per heavy atom. The summed E-state index contributed by atoms with van der Waals surface area (Å²) in [5.41, 5.74) is -4.75. The summed E-state index contributed by atoms with van der Waals surface area (Å²) in [5.74, 6) is 0. The van der Waals surface area contributed by atoms with Crippen molar-refractivity contribution in [3.05, 3.63) is 0 Å². The molecule has 0 radical (unpaired) electrons. The summed E-state index contributed by atoms with van der Waals surface area (Å²) in [6.07, 6.45) is -17.5. The summed E-state index contributed by atoms with van der Waals surface area (Å²) in [6.45, 7) is 44.5. The van der Waals surface area contributed by atoms with Crippen LogP contribution in [0.25, 0.3) is 0 Å². The maximum atomic E-state index is 10.2. The SMILES string of the molecule is CC1O[C@@H](C)C[C@@H](O)[C@H]1O.CC1O[C@@H](C)C[C@@H](O)[C@H]1O.CC1O[C@@H](C)C[C@@H](O[C@H]2C[C@](C)(O)[C@H](O)C(C)O2)[C@@H]1O.CC1O[C@@H](C)C[C@](C)(O)[C@@H]1O.CC1O[C@@H](O[C@@H]2C[C@H](C)OC(C)[C@@H]2O)C[C@@H](O)[C@@H]1O.CC1O[C@@H](O[C@@H]2C[C@H](C)OC(C)[C@@H]2O)C[C@](C)(O)[C@@H]1O.CC1O[C@@H](O[C@@H]2C[C@H](C)OC(C)[C@H]2O)C[C@@H](O)[C@@H]1O.CC1O[C@@H](O[C@H]2C[C@H](C)OC(C)[C@@H]2O)C[C@](C)(O)[C@@H]1O. The summed E-state index contributed by atoms with van der Waals surface area (Å²) in [7, 11) is 0. The predicted octanol–water partition coefficient (Wildman–Crippen LogP) is 0.209. The van der Waals surface area contributed by atoms with Crippen LogP contribution in [0.4, 0.5) is 0 Å². The average Bonchev–Trinajstić information content (AvgIpc) is 0.802. The van der Waals surface area contributed by atoms with Gasteiger partial charge in [-0.1, -0.05) is 0 Å². The predicted molar refractivity (Wildman–Crippen MR) is 461 cm³/mol. The van der Waals surface area contributed by atoms with E-state index in [2.05, 4.69) is 0 Å². The highest BCUT2D eigenvalue weighted by Crippen LogP contribution is 2.39. The van der Waals surface area contributed by atoms with Crippen molar-refractivity contribution in [1.82, 2.24) is 0 Å². The molecule has 0 amide bonds. The molecule has 0 aromatic heterocycles. The number of ether oxygens (including phenoxy) is 18. The highest BCUT2D eigenvalue weighted by molar-refractivity contribution is 4.98. The van der Waals surface area contributed by atoms with Gasteiger partial charge in [0, 0.05) is 83.5 Å². The Morgan fingerprint density at radius 2 is 0.333 bits per heavy atom. The molecule has 13 unspecified atom stereocenters. The summed E-state index contributed by atoms with van der Waals surface area (Å²) in [6, 6.07) is 0. The summed E-state index contributed by atoms with van der Waals surface area (Å²) in [5, 5.41) is 205. The van der Waals surface area contributed by atoms with Crippen LogP contribution in [-0.4, -0.2) is 424 Å². The molecule has 0 saturated carbocycles. The van der Waals surface area contributed by atoms with Crippen molar-refractivity contribution in [2.75, 3.05) is 0 Å². The first-order valence-corrected chi connectivity index (χ1v) is 46.8. The van der Waals surface area contributed by atoms with Gasteiger partial charge in [-0.05, 0) is 173 Å². The molecule has 13 aliphatic rings. The zero-order valence-electron chi connectivity index (χ0n) is 80.6. The van der Waals surface area contributed by atoms with Gasteiger partial charge in [0.25, 0.3) is 0 Å². The van der Waals surface area contributed by atoms with E-state index >= 15 is 0 Å². The molecule has 39 nitrogen and oxygen atoms in total. The number of aliphatic hydroxyl groups is 21. The molecule has 52 atom stereocenters. The lowest BCUT2D eigenvalue weighted by Crippen LogP contribution is -2.57. The van der Waals surface area contributed by atoms with Gasteiger partial charge < -0.3 is 193 Å². The van der Waals surface area contributed by atoms with E-state index in [1.165, 1.54) is 0 Å². The van der Waals surface area contributed by atoms with E-state index in [-0.39, 0.29) is 142 Å². The molecule has 13 fully saturated rings. The molecule has 13 rings (SSSR count). The molecular formula is C90H170O39. The third kappa shape index (κ3) is 34.4. The van der Waals surface area contributed by atoms with Crippen LogP contribution in [-0.2, 0) is 85.3 Å². The van der Waals surface area contributed by atoms with Crippen LogP contribution in [0.15, 0.2) is 0 Å². The molecule has 764 valence electrons. The molecule has 39 heteroatoms. The largest absolute Gasteiger partial charge is 0.390 e. The molecule has 13 heterocycles. The quantitative estimate of drug-likeness (QED) is 0.139. The fourth-order valence-electron chi connectivity index (χ4n) is 18.7. The minimum Gasteiger partial charge on any atom is -0.390 e. The summed E-state index contributed by atoms with van der Waals surface area (Å²) < 4.78 is 100. The number of hydrogen-bond acceptors (Lipinski definition) is 39. The Balaban J connectivity index is 0.000000230. The van der Waals surface area contributed by atoms with Gasteiger partial charge in [-0.25, -0.2) is 0 Å². The van der Waals surface area contributed by atoms with Crippen molar-refractivity contribution in [1.29, 1.82) is 0 Å². The van der Waals surface area contributed by atoms with Crippen molar-refractivity contribution in [2.24, 2.45) is 0 Å². The second kappa shape index (κ2) is 51.0. The van der Waals surface area contributed by atoms with E-state index in [4.69, 9.17) is 85.3 Å². The van der Waals surface area contributed by atoms with Crippen LogP contribution in [0.3, 0.4) is 0 Å². The third-order valence-electron chi connectivity index (χ3n) is 26.5. The lowest BCUT2D eigenvalue weighted by atomic mass is 9.87. The maximum Gasteiger partial charge on any atom is 0.161 e. The Kier molecular flexibility index (Phi) is 46.0. The first-order chi connectivity index (χ1) is 59.5. The summed E-state index contributed by atoms with van der Waals surface area (Å²) in [4.78, 5) is 0. The fraction of sp³-hybridized carbons (Fsp3) is 1.00.